The number of rotatable bonds is 3. The molecule has 0 fully saturated rings. The van der Waals surface area contributed by atoms with Crippen LogP contribution in [0.3, 0.4) is 0 Å². The maximum atomic E-state index is 12.1. The summed E-state index contributed by atoms with van der Waals surface area (Å²) >= 11 is 13.5. The Bertz CT molecular complexity index is 545. The molecule has 0 aliphatic rings. The molecule has 2 rings (SSSR count). The summed E-state index contributed by atoms with van der Waals surface area (Å²) in [7, 11) is 0. The lowest BCUT2D eigenvalue weighted by Crippen LogP contribution is -2.05. The van der Waals surface area contributed by atoms with E-state index in [1.54, 1.807) is 18.2 Å². The molecule has 0 amide bonds. The van der Waals surface area contributed by atoms with Crippen molar-refractivity contribution in [1.29, 1.82) is 0 Å². The molecule has 1 heterocycles. The largest absolute Gasteiger partial charge is 0.294 e. The number of carbonyl (C=O) groups is 1. The van der Waals surface area contributed by atoms with E-state index in [2.05, 4.69) is 4.98 Å². The van der Waals surface area contributed by atoms with E-state index < -0.39 is 0 Å². The summed E-state index contributed by atoms with van der Waals surface area (Å²) in [5.41, 5.74) is 1.13. The molecule has 0 saturated carbocycles. The van der Waals surface area contributed by atoms with Crippen molar-refractivity contribution in [1.82, 2.24) is 4.98 Å². The molecule has 0 N–H and O–H groups in total. The predicted molar refractivity (Wildman–Crippen MR) is 71.3 cm³/mol. The molecule has 2 nitrogen and oxygen atoms in total. The highest BCUT2D eigenvalue weighted by molar-refractivity contribution is 7.09. The molecule has 0 radical (unpaired) electrons. The standard InChI is InChI=1S/C12H9Cl2NOS/c1-7-15-8(6-17-7)5-11(16)12-9(13)3-2-4-10(12)14/h2-4,6H,5H2,1H3. The van der Waals surface area contributed by atoms with Crippen LogP contribution < -0.4 is 0 Å². The number of benzene rings is 1. The molecule has 0 aliphatic carbocycles. The number of thiazole rings is 1. The molecule has 1 aromatic carbocycles. The topological polar surface area (TPSA) is 30.0 Å². The van der Waals surface area contributed by atoms with Crippen LogP contribution in [-0.2, 0) is 6.42 Å². The van der Waals surface area contributed by atoms with Gasteiger partial charge in [0.25, 0.3) is 0 Å². The van der Waals surface area contributed by atoms with Crippen LogP contribution >= 0.6 is 34.5 Å². The third-order valence-corrected chi connectivity index (χ3v) is 3.70. The SMILES string of the molecule is Cc1nc(CC(=O)c2c(Cl)cccc2Cl)cs1. The van der Waals surface area contributed by atoms with Crippen molar-refractivity contribution in [2.24, 2.45) is 0 Å². The van der Waals surface area contributed by atoms with Crippen molar-refractivity contribution in [2.45, 2.75) is 13.3 Å². The van der Waals surface area contributed by atoms with Gasteiger partial charge in [-0.25, -0.2) is 4.98 Å². The highest BCUT2D eigenvalue weighted by Crippen LogP contribution is 2.25. The van der Waals surface area contributed by atoms with Crippen molar-refractivity contribution in [3.05, 3.63) is 49.9 Å². The van der Waals surface area contributed by atoms with Crippen LogP contribution in [0.5, 0.6) is 0 Å². The van der Waals surface area contributed by atoms with E-state index in [9.17, 15) is 4.79 Å². The van der Waals surface area contributed by atoms with Crippen LogP contribution in [0.1, 0.15) is 21.1 Å². The average Bonchev–Trinajstić information content (AvgIpc) is 2.63. The molecule has 0 bridgehead atoms. The van der Waals surface area contributed by atoms with Gasteiger partial charge in [-0.3, -0.25) is 4.79 Å². The molecule has 0 atom stereocenters. The summed E-state index contributed by atoms with van der Waals surface area (Å²) in [5.74, 6) is -0.106. The minimum Gasteiger partial charge on any atom is -0.294 e. The van der Waals surface area contributed by atoms with Crippen LogP contribution in [0.15, 0.2) is 23.6 Å². The Morgan fingerprint density at radius 2 is 2.00 bits per heavy atom. The fourth-order valence-electron chi connectivity index (χ4n) is 1.51. The van der Waals surface area contributed by atoms with Crippen molar-refractivity contribution < 1.29 is 4.79 Å². The Labute approximate surface area is 113 Å². The zero-order valence-corrected chi connectivity index (χ0v) is 11.4. The smallest absolute Gasteiger partial charge is 0.171 e. The lowest BCUT2D eigenvalue weighted by Gasteiger charge is -2.04. The maximum absolute atomic E-state index is 12.1. The van der Waals surface area contributed by atoms with Gasteiger partial charge >= 0.3 is 0 Å². The average molecular weight is 286 g/mol. The van der Waals surface area contributed by atoms with Crippen LogP contribution in [0.25, 0.3) is 0 Å². The molecule has 5 heteroatoms. The van der Waals surface area contributed by atoms with E-state index in [-0.39, 0.29) is 12.2 Å². The van der Waals surface area contributed by atoms with Gasteiger partial charge < -0.3 is 0 Å². The second-order valence-electron chi connectivity index (χ2n) is 3.55. The quantitative estimate of drug-likeness (QED) is 0.792. The summed E-state index contributed by atoms with van der Waals surface area (Å²) in [4.78, 5) is 16.3. The molecule has 17 heavy (non-hydrogen) atoms. The first-order valence-electron chi connectivity index (χ1n) is 4.96. The second-order valence-corrected chi connectivity index (χ2v) is 5.43. The number of hydrogen-bond acceptors (Lipinski definition) is 3. The number of carbonyl (C=O) groups excluding carboxylic acids is 1. The van der Waals surface area contributed by atoms with Crippen molar-refractivity contribution in [3.8, 4) is 0 Å². The van der Waals surface area contributed by atoms with Gasteiger partial charge in [-0.1, -0.05) is 29.3 Å². The molecule has 2 aromatic rings. The minimum absolute atomic E-state index is 0.106. The number of aromatic nitrogens is 1. The Kier molecular flexibility index (Phi) is 3.82. The second kappa shape index (κ2) is 5.17. The molecule has 0 unspecified atom stereocenters. The normalized spacial score (nSPS) is 10.5. The molecule has 0 spiro atoms. The zero-order chi connectivity index (χ0) is 12.4. The highest BCUT2D eigenvalue weighted by atomic mass is 35.5. The lowest BCUT2D eigenvalue weighted by atomic mass is 10.1. The van der Waals surface area contributed by atoms with Gasteiger partial charge in [0.2, 0.25) is 0 Å². The van der Waals surface area contributed by atoms with Crippen LogP contribution in [0, 0.1) is 6.92 Å². The van der Waals surface area contributed by atoms with E-state index in [4.69, 9.17) is 23.2 Å². The van der Waals surface area contributed by atoms with Gasteiger partial charge in [0.05, 0.1) is 32.7 Å². The number of halogens is 2. The number of nitrogens with zero attached hydrogens (tertiary/aromatic N) is 1. The van der Waals surface area contributed by atoms with Gasteiger partial charge in [0, 0.05) is 5.38 Å². The minimum atomic E-state index is -0.106. The Morgan fingerprint density at radius 1 is 1.35 bits per heavy atom. The fraction of sp³-hybridized carbons (Fsp3) is 0.167. The lowest BCUT2D eigenvalue weighted by molar-refractivity contribution is 0.0992. The molecular formula is C12H9Cl2NOS. The summed E-state index contributed by atoms with van der Waals surface area (Å²) in [6.45, 7) is 1.90. The van der Waals surface area contributed by atoms with Crippen molar-refractivity contribution in [3.63, 3.8) is 0 Å². The van der Waals surface area contributed by atoms with Gasteiger partial charge in [-0.15, -0.1) is 11.3 Å². The number of aryl methyl sites for hydroxylation is 1. The maximum Gasteiger partial charge on any atom is 0.171 e. The zero-order valence-electron chi connectivity index (χ0n) is 9.04. The van der Waals surface area contributed by atoms with Crippen molar-refractivity contribution >= 4 is 40.3 Å². The third kappa shape index (κ3) is 2.86. The molecular weight excluding hydrogens is 277 g/mol. The molecule has 0 aliphatic heterocycles. The molecule has 88 valence electrons. The van der Waals surface area contributed by atoms with E-state index in [1.165, 1.54) is 11.3 Å². The van der Waals surface area contributed by atoms with Crippen LogP contribution in [-0.4, -0.2) is 10.8 Å². The summed E-state index contributed by atoms with van der Waals surface area (Å²) in [6.07, 6.45) is 0.230. The van der Waals surface area contributed by atoms with Crippen molar-refractivity contribution in [2.75, 3.05) is 0 Å². The van der Waals surface area contributed by atoms with Crippen LogP contribution in [0.2, 0.25) is 10.0 Å². The van der Waals surface area contributed by atoms with E-state index in [1.807, 2.05) is 12.3 Å². The Morgan fingerprint density at radius 3 is 2.53 bits per heavy atom. The number of Topliss-reactive ketones (excluding diaryl/α,β-unsaturated/α-hetero) is 1. The van der Waals surface area contributed by atoms with Gasteiger partial charge in [-0.2, -0.15) is 0 Å². The van der Waals surface area contributed by atoms with E-state index >= 15 is 0 Å². The Hall–Kier alpha value is -0.900. The van der Waals surface area contributed by atoms with E-state index in [0.29, 0.717) is 15.6 Å². The first-order chi connectivity index (χ1) is 8.08. The summed E-state index contributed by atoms with van der Waals surface area (Å²) in [5, 5.41) is 3.58. The Balaban J connectivity index is 2.26. The highest BCUT2D eigenvalue weighted by Gasteiger charge is 2.15. The number of ketones is 1. The third-order valence-electron chi connectivity index (χ3n) is 2.25. The fourth-order valence-corrected chi connectivity index (χ4v) is 2.73. The van der Waals surface area contributed by atoms with Crippen LogP contribution in [0.4, 0.5) is 0 Å². The molecule has 0 saturated heterocycles. The van der Waals surface area contributed by atoms with Gasteiger partial charge in [0.1, 0.15) is 0 Å². The monoisotopic (exact) mass is 285 g/mol. The number of hydrogen-bond donors (Lipinski definition) is 0. The first-order valence-corrected chi connectivity index (χ1v) is 6.59. The summed E-state index contributed by atoms with van der Waals surface area (Å²) in [6, 6.07) is 5.04. The predicted octanol–water partition coefficient (Wildman–Crippen LogP) is 4.18. The van der Waals surface area contributed by atoms with Gasteiger partial charge in [0.15, 0.2) is 5.78 Å². The van der Waals surface area contributed by atoms with E-state index in [0.717, 1.165) is 10.7 Å². The molecule has 1 aromatic heterocycles. The summed E-state index contributed by atoms with van der Waals surface area (Å²) < 4.78 is 0. The first kappa shape index (κ1) is 12.6. The van der Waals surface area contributed by atoms with Gasteiger partial charge in [-0.05, 0) is 19.1 Å².